The number of hydrogen-bond donors (Lipinski definition) is 2. The first-order valence-electron chi connectivity index (χ1n) is 16.8. The standard InChI is InChI=1S/C42H40N6O2/c1-41(2,3)39(49)45-35-11-7-9-13-37(35)47-31-19-20-32(47)24-28-16-18-30(44-28)26-34-22-21-33(25-29-17-15-27(23-31)43-29)48(34)38-14-10-8-12-36(38)46-40(50)42(4,5)6/h7-26H,1-6H3,(H,45,49)(H,46,50). The first-order valence-corrected chi connectivity index (χ1v) is 16.8. The maximum atomic E-state index is 13.1. The van der Waals surface area contributed by atoms with Crippen LogP contribution in [0, 0.1) is 10.8 Å². The number of benzene rings is 2. The molecule has 3 aromatic heterocycles. The Morgan fingerprint density at radius 2 is 0.780 bits per heavy atom. The smallest absolute Gasteiger partial charge is 0.229 e. The zero-order valence-corrected chi connectivity index (χ0v) is 29.2. The topological polar surface area (TPSA) is 93.8 Å². The summed E-state index contributed by atoms with van der Waals surface area (Å²) in [6.45, 7) is 11.4. The van der Waals surface area contributed by atoms with Crippen LogP contribution in [-0.4, -0.2) is 30.9 Å². The van der Waals surface area contributed by atoms with Crippen molar-refractivity contribution in [2.75, 3.05) is 10.6 Å². The summed E-state index contributed by atoms with van der Waals surface area (Å²) in [7, 11) is 0. The number of anilines is 2. The molecule has 50 heavy (non-hydrogen) atoms. The zero-order chi connectivity index (χ0) is 35.2. The number of carbonyl (C=O) groups is 2. The number of nitrogens with zero attached hydrogens (tertiary/aromatic N) is 4. The van der Waals surface area contributed by atoms with Crippen molar-refractivity contribution in [1.82, 2.24) is 19.1 Å². The minimum absolute atomic E-state index is 0.0649. The molecule has 8 bridgehead atoms. The van der Waals surface area contributed by atoms with Gasteiger partial charge in [0, 0.05) is 32.9 Å². The molecular formula is C42H40N6O2. The first-order chi connectivity index (χ1) is 23.8. The average molecular weight is 661 g/mol. The first kappa shape index (κ1) is 32.5. The van der Waals surface area contributed by atoms with E-state index in [1.165, 1.54) is 0 Å². The van der Waals surface area contributed by atoms with E-state index in [0.717, 1.165) is 56.2 Å². The normalized spacial score (nSPS) is 12.6. The van der Waals surface area contributed by atoms with Crippen LogP contribution < -0.4 is 10.6 Å². The van der Waals surface area contributed by atoms with Crippen molar-refractivity contribution < 1.29 is 9.59 Å². The fourth-order valence-corrected chi connectivity index (χ4v) is 5.83. The minimum Gasteiger partial charge on any atom is -0.324 e. The second-order valence-electron chi connectivity index (χ2n) is 14.6. The van der Waals surface area contributed by atoms with Gasteiger partial charge in [0.25, 0.3) is 0 Å². The van der Waals surface area contributed by atoms with Crippen molar-refractivity contribution in [3.05, 3.63) is 120 Å². The number of fused-ring (bicyclic) bond motifs is 8. The molecule has 7 rings (SSSR count). The van der Waals surface area contributed by atoms with Gasteiger partial charge >= 0.3 is 0 Å². The maximum absolute atomic E-state index is 13.1. The number of nitrogens with one attached hydrogen (secondary N) is 2. The van der Waals surface area contributed by atoms with Crippen LogP contribution in [0.5, 0.6) is 0 Å². The van der Waals surface area contributed by atoms with Crippen LogP contribution in [0.2, 0.25) is 0 Å². The van der Waals surface area contributed by atoms with Gasteiger partial charge in [0.1, 0.15) is 0 Å². The van der Waals surface area contributed by atoms with Gasteiger partial charge in [0.05, 0.1) is 45.5 Å². The Labute approximate surface area is 291 Å². The van der Waals surface area contributed by atoms with E-state index in [-0.39, 0.29) is 11.8 Å². The third-order valence-electron chi connectivity index (χ3n) is 8.58. The lowest BCUT2D eigenvalue weighted by Crippen LogP contribution is -2.28. The Morgan fingerprint density at radius 1 is 0.480 bits per heavy atom. The number of amides is 2. The van der Waals surface area contributed by atoms with Crippen molar-refractivity contribution in [2.45, 2.75) is 41.5 Å². The van der Waals surface area contributed by atoms with Crippen molar-refractivity contribution in [3.8, 4) is 11.4 Å². The molecule has 0 spiro atoms. The highest BCUT2D eigenvalue weighted by atomic mass is 16.2. The minimum atomic E-state index is -0.556. The van der Waals surface area contributed by atoms with Gasteiger partial charge in [-0.2, -0.15) is 0 Å². The summed E-state index contributed by atoms with van der Waals surface area (Å²) in [5.74, 6) is -0.130. The van der Waals surface area contributed by atoms with Crippen LogP contribution in [0.3, 0.4) is 0 Å². The van der Waals surface area contributed by atoms with E-state index in [1.54, 1.807) is 0 Å². The Morgan fingerprint density at radius 3 is 1.08 bits per heavy atom. The summed E-state index contributed by atoms with van der Waals surface area (Å²) in [5, 5.41) is 6.30. The molecule has 0 saturated heterocycles. The SMILES string of the molecule is CC(C)(C)C(=O)Nc1ccccc1-n1c2ccc1cc1nc(cc3ccc(cc4nc(c2)C=C4)n3-c2ccccc2NC(=O)C(C)(C)C)C=C1. The molecule has 0 saturated carbocycles. The van der Waals surface area contributed by atoms with Crippen molar-refractivity contribution in [2.24, 2.45) is 10.8 Å². The molecule has 5 aromatic rings. The molecule has 2 aliphatic rings. The quantitative estimate of drug-likeness (QED) is 0.197. The molecule has 2 aromatic carbocycles. The van der Waals surface area contributed by atoms with E-state index in [9.17, 15) is 9.59 Å². The van der Waals surface area contributed by atoms with Crippen LogP contribution in [-0.2, 0) is 9.59 Å². The van der Waals surface area contributed by atoms with Crippen LogP contribution in [0.25, 0.3) is 57.7 Å². The molecule has 2 amide bonds. The van der Waals surface area contributed by atoms with Gasteiger partial charge in [0.15, 0.2) is 0 Å². The Kier molecular flexibility index (Phi) is 8.10. The fourth-order valence-electron chi connectivity index (χ4n) is 5.83. The lowest BCUT2D eigenvalue weighted by molar-refractivity contribution is -0.123. The maximum Gasteiger partial charge on any atom is 0.229 e. The summed E-state index contributed by atoms with van der Waals surface area (Å²) in [5.41, 5.74) is 8.77. The molecule has 8 nitrogen and oxygen atoms in total. The zero-order valence-electron chi connectivity index (χ0n) is 29.2. The summed E-state index contributed by atoms with van der Waals surface area (Å²) in [6.07, 6.45) is 8.00. The summed E-state index contributed by atoms with van der Waals surface area (Å²) in [6, 6.07) is 32.1. The van der Waals surface area contributed by atoms with E-state index < -0.39 is 10.8 Å². The van der Waals surface area contributed by atoms with Gasteiger partial charge in [-0.3, -0.25) is 9.59 Å². The number of aromatic nitrogens is 4. The summed E-state index contributed by atoms with van der Waals surface area (Å²) < 4.78 is 4.25. The van der Waals surface area contributed by atoms with E-state index >= 15 is 0 Å². The third kappa shape index (κ3) is 6.52. The highest BCUT2D eigenvalue weighted by molar-refractivity contribution is 5.98. The average Bonchev–Trinajstić information content (AvgIpc) is 3.86. The molecule has 0 atom stereocenters. The van der Waals surface area contributed by atoms with Gasteiger partial charge in [-0.25, -0.2) is 9.97 Å². The van der Waals surface area contributed by atoms with Crippen molar-refractivity contribution >= 4 is 69.6 Å². The summed E-state index contributed by atoms with van der Waals surface area (Å²) in [4.78, 5) is 36.2. The predicted molar refractivity (Wildman–Crippen MR) is 205 cm³/mol. The van der Waals surface area contributed by atoms with Crippen LogP contribution >= 0.6 is 0 Å². The Bertz CT molecular complexity index is 2140. The van der Waals surface area contributed by atoms with Crippen LogP contribution in [0.4, 0.5) is 11.4 Å². The van der Waals surface area contributed by atoms with Gasteiger partial charge < -0.3 is 19.8 Å². The molecule has 2 N–H and O–H groups in total. The van der Waals surface area contributed by atoms with E-state index in [4.69, 9.17) is 9.97 Å². The molecule has 0 radical (unpaired) electrons. The molecule has 250 valence electrons. The van der Waals surface area contributed by atoms with E-state index in [1.807, 2.05) is 139 Å². The molecule has 2 aliphatic heterocycles. The molecular weight excluding hydrogens is 621 g/mol. The lowest BCUT2D eigenvalue weighted by Gasteiger charge is -2.20. The highest BCUT2D eigenvalue weighted by Gasteiger charge is 2.24. The largest absolute Gasteiger partial charge is 0.324 e. The molecule has 8 heteroatoms. The van der Waals surface area contributed by atoms with Crippen LogP contribution in [0.15, 0.2) is 97.1 Å². The van der Waals surface area contributed by atoms with Gasteiger partial charge in [0.2, 0.25) is 11.8 Å². The highest BCUT2D eigenvalue weighted by Crippen LogP contribution is 2.31. The van der Waals surface area contributed by atoms with E-state index in [2.05, 4.69) is 44.0 Å². The van der Waals surface area contributed by atoms with Gasteiger partial charge in [-0.05, 0) is 97.1 Å². The van der Waals surface area contributed by atoms with Crippen molar-refractivity contribution in [3.63, 3.8) is 0 Å². The number of rotatable bonds is 4. The van der Waals surface area contributed by atoms with Crippen LogP contribution in [0.1, 0.15) is 64.3 Å². The van der Waals surface area contributed by atoms with E-state index in [0.29, 0.717) is 11.4 Å². The van der Waals surface area contributed by atoms with Gasteiger partial charge in [-0.1, -0.05) is 65.8 Å². The van der Waals surface area contributed by atoms with Gasteiger partial charge in [-0.15, -0.1) is 0 Å². The predicted octanol–water partition coefficient (Wildman–Crippen LogP) is 9.55. The molecule has 0 aliphatic carbocycles. The summed E-state index contributed by atoms with van der Waals surface area (Å²) >= 11 is 0. The number of hydrogen-bond acceptors (Lipinski definition) is 4. The third-order valence-corrected chi connectivity index (χ3v) is 8.58. The molecule has 0 fully saturated rings. The second kappa shape index (κ2) is 12.5. The number of para-hydroxylation sites is 4. The Hall–Kier alpha value is -6.02. The lowest BCUT2D eigenvalue weighted by atomic mass is 9.95. The Balaban J connectivity index is 1.46. The fraction of sp³-hybridized carbons (Fsp3) is 0.190. The van der Waals surface area contributed by atoms with Crippen molar-refractivity contribution in [1.29, 1.82) is 0 Å². The second-order valence-corrected chi connectivity index (χ2v) is 14.6. The molecule has 5 heterocycles. The monoisotopic (exact) mass is 660 g/mol. The molecule has 0 unspecified atom stereocenters. The number of carbonyl (C=O) groups excluding carboxylic acids is 2.